The molecule has 0 bridgehead atoms. The number of hydrogen-bond donors (Lipinski definition) is 0. The van der Waals surface area contributed by atoms with Gasteiger partial charge in [-0.2, -0.15) is 4.57 Å². The summed E-state index contributed by atoms with van der Waals surface area (Å²) in [5, 5.41) is 0. The summed E-state index contributed by atoms with van der Waals surface area (Å²) in [6.45, 7) is 0. The summed E-state index contributed by atoms with van der Waals surface area (Å²) >= 11 is 0. The van der Waals surface area contributed by atoms with Crippen molar-refractivity contribution in [3.63, 3.8) is 0 Å². The number of rotatable bonds is 4. The van der Waals surface area contributed by atoms with Crippen molar-refractivity contribution in [3.8, 4) is 17.1 Å². The molecule has 0 aliphatic heterocycles. The van der Waals surface area contributed by atoms with Crippen LogP contribution in [0.4, 0.5) is 5.69 Å². The van der Waals surface area contributed by atoms with Crippen molar-refractivity contribution in [1.82, 2.24) is 9.55 Å². The van der Waals surface area contributed by atoms with Gasteiger partial charge in [-0.15, -0.1) is 5.69 Å². The van der Waals surface area contributed by atoms with Gasteiger partial charge in [0, 0.05) is 12.5 Å². The van der Waals surface area contributed by atoms with Gasteiger partial charge >= 0.3 is 10.1 Å². The molecule has 1 N–H and O–H groups in total. The summed E-state index contributed by atoms with van der Waals surface area (Å²) < 4.78 is 29.3. The fourth-order valence-corrected chi connectivity index (χ4v) is 3.43. The Morgan fingerprint density at radius 1 is 0.963 bits per heavy atom. The Hall–Kier alpha value is -3.02. The number of fused-ring (bicyclic) bond motifs is 1. The molecule has 27 heavy (non-hydrogen) atoms. The first-order valence-electron chi connectivity index (χ1n) is 7.99. The van der Waals surface area contributed by atoms with Crippen LogP contribution in [0.5, 0.6) is 0 Å². The maximum atomic E-state index is 11.7. The summed E-state index contributed by atoms with van der Waals surface area (Å²) in [4.78, 5) is 7.84. The number of hydrogen-bond acceptors (Lipinski definition) is 3. The number of aromatic nitrogens is 3. The van der Waals surface area contributed by atoms with Crippen molar-refractivity contribution in [1.29, 1.82) is 0 Å². The van der Waals surface area contributed by atoms with Gasteiger partial charge < -0.3 is 4.72 Å². The van der Waals surface area contributed by atoms with Gasteiger partial charge in [0.2, 0.25) is 0 Å². The van der Waals surface area contributed by atoms with Gasteiger partial charge in [-0.1, -0.05) is 36.4 Å². The molecule has 0 fully saturated rings. The summed E-state index contributed by atoms with van der Waals surface area (Å²) in [5.74, 6) is 0.716. The average Bonchev–Trinajstić information content (AvgIpc) is 3.01. The second kappa shape index (κ2) is 7.31. The van der Waals surface area contributed by atoms with E-state index < -0.39 is 10.0 Å². The molecule has 8 heteroatoms. The van der Waals surface area contributed by atoms with Crippen molar-refractivity contribution < 1.29 is 13.4 Å². The van der Waals surface area contributed by atoms with Crippen LogP contribution in [0.25, 0.3) is 33.0 Å². The third kappa shape index (κ3) is 3.74. The normalized spacial score (nSPS) is 11.1. The molecular weight excluding hydrogens is 357 g/mol. The van der Waals surface area contributed by atoms with Crippen LogP contribution >= 0.6 is 0 Å². The molecule has 130 valence electrons. The molecule has 2 aromatic carbocycles. The van der Waals surface area contributed by atoms with Crippen molar-refractivity contribution in [3.05, 3.63) is 77.6 Å². The van der Waals surface area contributed by atoms with Crippen molar-refractivity contribution in [2.24, 2.45) is 0 Å². The molecule has 4 rings (SSSR count). The molecule has 0 aliphatic carbocycles. The van der Waals surface area contributed by atoms with Gasteiger partial charge in [0.05, 0.1) is 15.6 Å². The van der Waals surface area contributed by atoms with Gasteiger partial charge in [-0.25, -0.2) is 18.4 Å². The second-order valence-corrected chi connectivity index (χ2v) is 7.51. The predicted octanol–water partition coefficient (Wildman–Crippen LogP) is 3.09. The number of imidazole rings is 1. The van der Waals surface area contributed by atoms with Crippen molar-refractivity contribution in [2.75, 3.05) is 6.26 Å². The van der Waals surface area contributed by atoms with Crippen LogP contribution in [-0.2, 0) is 10.0 Å². The largest absolute Gasteiger partial charge is 2.00 e. The van der Waals surface area contributed by atoms with E-state index in [-0.39, 0.29) is 10.1 Å². The minimum absolute atomic E-state index is 0. The topological polar surface area (TPSA) is 80.2 Å². The molecule has 0 radical (unpaired) electrons. The van der Waals surface area contributed by atoms with Crippen LogP contribution in [0.2, 0.25) is 0 Å². The van der Waals surface area contributed by atoms with E-state index in [0.29, 0.717) is 17.1 Å². The number of para-hydroxylation sites is 1. The number of H-pyrrole nitrogens is 1. The molecular formula is C19H16BeN4O2S+2. The van der Waals surface area contributed by atoms with Crippen LogP contribution in [0.1, 0.15) is 0 Å². The maximum absolute atomic E-state index is 11.7. The Morgan fingerprint density at radius 3 is 2.41 bits per heavy atom. The van der Waals surface area contributed by atoms with Gasteiger partial charge in [-0.3, -0.25) is 0 Å². The summed E-state index contributed by atoms with van der Waals surface area (Å²) in [6.07, 6.45) is 2.81. The zero-order valence-corrected chi connectivity index (χ0v) is 15.5. The number of pyridine rings is 1. The Balaban J connectivity index is 0.00000210. The van der Waals surface area contributed by atoms with Gasteiger partial charge in [0.25, 0.3) is 11.5 Å². The minimum atomic E-state index is -3.53. The van der Waals surface area contributed by atoms with E-state index in [1.807, 2.05) is 59.2 Å². The van der Waals surface area contributed by atoms with Crippen LogP contribution in [0.15, 0.2) is 72.9 Å². The summed E-state index contributed by atoms with van der Waals surface area (Å²) in [6, 6.07) is 20.7. The number of nitrogens with zero attached hydrogens (tertiary/aromatic N) is 3. The van der Waals surface area contributed by atoms with Crippen molar-refractivity contribution in [2.45, 2.75) is 0 Å². The number of sulfonamides is 1. The average molecular weight is 373 g/mol. The fraction of sp³-hybridized carbons (Fsp3) is 0.0526. The quantitative estimate of drug-likeness (QED) is 0.516. The van der Waals surface area contributed by atoms with Gasteiger partial charge in [0.1, 0.15) is 5.69 Å². The molecule has 0 saturated heterocycles. The molecule has 0 amide bonds. The predicted molar refractivity (Wildman–Crippen MR) is 107 cm³/mol. The molecule has 0 saturated carbocycles. The van der Waals surface area contributed by atoms with Gasteiger partial charge in [-0.05, 0) is 30.3 Å². The molecule has 2 aromatic heterocycles. The number of benzene rings is 2. The van der Waals surface area contributed by atoms with E-state index in [4.69, 9.17) is 0 Å². The zero-order valence-electron chi connectivity index (χ0n) is 14.7. The van der Waals surface area contributed by atoms with E-state index in [0.717, 1.165) is 23.1 Å². The Labute approximate surface area is 161 Å². The molecule has 6 nitrogen and oxygen atoms in total. The van der Waals surface area contributed by atoms with E-state index in [9.17, 15) is 8.42 Å². The Bertz CT molecular complexity index is 1190. The van der Waals surface area contributed by atoms with Crippen LogP contribution < -0.4 is 4.98 Å². The Morgan fingerprint density at radius 2 is 1.67 bits per heavy atom. The van der Waals surface area contributed by atoms with E-state index in [1.54, 1.807) is 18.3 Å². The first-order valence-corrected chi connectivity index (χ1v) is 9.84. The van der Waals surface area contributed by atoms with E-state index >= 15 is 0 Å². The fourth-order valence-electron chi connectivity index (χ4n) is 2.91. The molecule has 0 atom stereocenters. The first kappa shape index (κ1) is 18.8. The van der Waals surface area contributed by atoms with Crippen LogP contribution in [-0.4, -0.2) is 34.3 Å². The molecule has 4 aromatic rings. The van der Waals surface area contributed by atoms with Gasteiger partial charge in [0.15, 0.2) is 5.52 Å². The van der Waals surface area contributed by atoms with Crippen LogP contribution in [0, 0.1) is 0 Å². The minimum Gasteiger partial charge on any atom is -0.576 e. The smallest absolute Gasteiger partial charge is 0.576 e. The molecule has 0 spiro atoms. The standard InChI is InChI=1S/C19H15N4O2S.Be/c1-26(24,25)22-16-11-6-5-10-15(16)18-21-17-12-7-13-20-19(17)23(18)14-8-3-2-4-9-14;/h2-13H,1H3;/q-1;+2/p+1. The second-order valence-electron chi connectivity index (χ2n) is 5.86. The van der Waals surface area contributed by atoms with Crippen LogP contribution in [0.3, 0.4) is 0 Å². The van der Waals surface area contributed by atoms with E-state index in [2.05, 4.69) is 14.7 Å². The van der Waals surface area contributed by atoms with Crippen molar-refractivity contribution >= 4 is 37.0 Å². The molecule has 0 aliphatic rings. The molecule has 0 unspecified atom stereocenters. The SMILES string of the molecule is CS(=O)(=O)[N-]c1ccccc1-c1[nH+]c2cccnc2n1-c1ccccc1.[Be+2]. The monoisotopic (exact) mass is 373 g/mol. The maximum Gasteiger partial charge on any atom is 2.00 e. The zero-order chi connectivity index (χ0) is 18.1. The third-order valence-corrected chi connectivity index (χ3v) is 4.44. The number of aromatic amines is 1. The first-order chi connectivity index (χ1) is 12.5. The number of nitrogens with one attached hydrogen (secondary N) is 1. The molecule has 2 heterocycles. The van der Waals surface area contributed by atoms with E-state index in [1.165, 1.54) is 0 Å². The Kier molecular flexibility index (Phi) is 5.08. The summed E-state index contributed by atoms with van der Waals surface area (Å²) in [7, 11) is -3.53. The third-order valence-electron chi connectivity index (χ3n) is 3.91. The summed E-state index contributed by atoms with van der Waals surface area (Å²) in [5.41, 5.74) is 3.58.